The van der Waals surface area contributed by atoms with E-state index in [0.29, 0.717) is 33.0 Å². The van der Waals surface area contributed by atoms with Crippen LogP contribution in [0.15, 0.2) is 6.07 Å². The SMILES string of the molecule is CC(C)CN(c1nc(Cl)c(Cl)cc1Cl)C(C)C. The molecule has 1 aromatic rings. The second-order valence-corrected chi connectivity index (χ2v) is 5.88. The molecule has 0 amide bonds. The summed E-state index contributed by atoms with van der Waals surface area (Å²) in [5.41, 5.74) is 0. The molecule has 0 atom stereocenters. The number of aromatic nitrogens is 1. The van der Waals surface area contributed by atoms with E-state index in [9.17, 15) is 0 Å². The van der Waals surface area contributed by atoms with E-state index in [1.807, 2.05) is 0 Å². The quantitative estimate of drug-likeness (QED) is 0.734. The largest absolute Gasteiger partial charge is 0.353 e. The number of hydrogen-bond acceptors (Lipinski definition) is 2. The maximum absolute atomic E-state index is 6.18. The number of hydrogen-bond donors (Lipinski definition) is 0. The normalized spacial score (nSPS) is 11.4. The van der Waals surface area contributed by atoms with Crippen LogP contribution in [-0.2, 0) is 0 Å². The van der Waals surface area contributed by atoms with E-state index >= 15 is 0 Å². The predicted octanol–water partition coefficient (Wildman–Crippen LogP) is 4.91. The summed E-state index contributed by atoms with van der Waals surface area (Å²) in [6, 6.07) is 1.95. The third kappa shape index (κ3) is 3.90. The van der Waals surface area contributed by atoms with Gasteiger partial charge in [0.15, 0.2) is 0 Å². The van der Waals surface area contributed by atoms with Gasteiger partial charge in [-0.05, 0) is 25.8 Å². The molecule has 0 saturated carbocycles. The highest BCUT2D eigenvalue weighted by Crippen LogP contribution is 2.32. The molecular formula is C12H17Cl3N2. The number of nitrogens with zero attached hydrogens (tertiary/aromatic N) is 2. The van der Waals surface area contributed by atoms with Crippen LogP contribution in [-0.4, -0.2) is 17.6 Å². The smallest absolute Gasteiger partial charge is 0.150 e. The third-order valence-corrected chi connectivity index (χ3v) is 3.28. The zero-order chi connectivity index (χ0) is 13.2. The molecule has 0 unspecified atom stereocenters. The minimum atomic E-state index is 0.292. The molecule has 0 aliphatic heterocycles. The van der Waals surface area contributed by atoms with Crippen LogP contribution >= 0.6 is 34.8 Å². The van der Waals surface area contributed by atoms with Gasteiger partial charge in [-0.2, -0.15) is 0 Å². The molecule has 1 aromatic heterocycles. The first-order valence-electron chi connectivity index (χ1n) is 5.61. The van der Waals surface area contributed by atoms with Gasteiger partial charge in [0.25, 0.3) is 0 Å². The van der Waals surface area contributed by atoms with Crippen LogP contribution in [0.3, 0.4) is 0 Å². The van der Waals surface area contributed by atoms with E-state index in [4.69, 9.17) is 34.8 Å². The van der Waals surface area contributed by atoms with Gasteiger partial charge in [-0.25, -0.2) is 4.98 Å². The molecule has 5 heteroatoms. The average molecular weight is 296 g/mol. The van der Waals surface area contributed by atoms with Gasteiger partial charge in [0.2, 0.25) is 0 Å². The zero-order valence-corrected chi connectivity index (χ0v) is 12.7. The van der Waals surface area contributed by atoms with Crippen molar-refractivity contribution in [1.82, 2.24) is 4.98 Å². The fraction of sp³-hybridized carbons (Fsp3) is 0.583. The van der Waals surface area contributed by atoms with Gasteiger partial charge in [-0.1, -0.05) is 48.7 Å². The lowest BCUT2D eigenvalue weighted by Gasteiger charge is -2.30. The Morgan fingerprint density at radius 2 is 1.71 bits per heavy atom. The van der Waals surface area contributed by atoms with Crippen molar-refractivity contribution in [2.75, 3.05) is 11.4 Å². The summed E-state index contributed by atoms with van der Waals surface area (Å²) in [6.07, 6.45) is 0. The highest BCUT2D eigenvalue weighted by atomic mass is 35.5. The van der Waals surface area contributed by atoms with Crippen LogP contribution in [0.1, 0.15) is 27.7 Å². The Bertz CT molecular complexity index is 392. The first kappa shape index (κ1) is 14.9. The molecule has 0 saturated heterocycles. The van der Waals surface area contributed by atoms with E-state index < -0.39 is 0 Å². The number of anilines is 1. The maximum Gasteiger partial charge on any atom is 0.150 e. The van der Waals surface area contributed by atoms with Crippen LogP contribution < -0.4 is 4.90 Å². The van der Waals surface area contributed by atoms with Gasteiger partial charge in [0, 0.05) is 12.6 Å². The van der Waals surface area contributed by atoms with E-state index in [-0.39, 0.29) is 0 Å². The minimum Gasteiger partial charge on any atom is -0.353 e. The lowest BCUT2D eigenvalue weighted by Crippen LogP contribution is -2.35. The summed E-state index contributed by atoms with van der Waals surface area (Å²) in [5, 5.41) is 1.21. The van der Waals surface area contributed by atoms with Gasteiger partial charge in [0.1, 0.15) is 11.0 Å². The zero-order valence-electron chi connectivity index (χ0n) is 10.5. The van der Waals surface area contributed by atoms with Gasteiger partial charge >= 0.3 is 0 Å². The number of pyridine rings is 1. The van der Waals surface area contributed by atoms with Crippen molar-refractivity contribution in [3.63, 3.8) is 0 Å². The molecular weight excluding hydrogens is 279 g/mol. The summed E-state index contributed by atoms with van der Waals surface area (Å²) in [4.78, 5) is 6.41. The highest BCUT2D eigenvalue weighted by molar-refractivity contribution is 6.42. The summed E-state index contributed by atoms with van der Waals surface area (Å²) in [7, 11) is 0. The molecule has 0 aliphatic rings. The summed E-state index contributed by atoms with van der Waals surface area (Å²) in [6.45, 7) is 9.38. The van der Waals surface area contributed by atoms with Gasteiger partial charge in [-0.15, -0.1) is 0 Å². The van der Waals surface area contributed by atoms with Crippen LogP contribution in [0, 0.1) is 5.92 Å². The molecule has 2 nitrogen and oxygen atoms in total. The van der Waals surface area contributed by atoms with Crippen LogP contribution in [0.4, 0.5) is 5.82 Å². The Morgan fingerprint density at radius 1 is 1.12 bits per heavy atom. The van der Waals surface area contributed by atoms with Gasteiger partial charge in [0.05, 0.1) is 10.0 Å². The van der Waals surface area contributed by atoms with Crippen molar-refractivity contribution in [3.8, 4) is 0 Å². The van der Waals surface area contributed by atoms with Crippen molar-refractivity contribution >= 4 is 40.6 Å². The standard InChI is InChI=1S/C12H17Cl3N2/c1-7(2)6-17(8(3)4)12-10(14)5-9(13)11(15)16-12/h5,7-8H,6H2,1-4H3. The van der Waals surface area contributed by atoms with Crippen molar-refractivity contribution in [3.05, 3.63) is 21.3 Å². The van der Waals surface area contributed by atoms with Crippen molar-refractivity contribution in [2.24, 2.45) is 5.92 Å². The Morgan fingerprint density at radius 3 is 2.18 bits per heavy atom. The van der Waals surface area contributed by atoms with Crippen molar-refractivity contribution < 1.29 is 0 Å². The fourth-order valence-electron chi connectivity index (χ4n) is 1.57. The van der Waals surface area contributed by atoms with Gasteiger partial charge < -0.3 is 4.90 Å². The summed E-state index contributed by atoms with van der Waals surface area (Å²) >= 11 is 18.0. The van der Waals surface area contributed by atoms with Crippen LogP contribution in [0.5, 0.6) is 0 Å². The molecule has 17 heavy (non-hydrogen) atoms. The fourth-order valence-corrected chi connectivity index (χ4v) is 2.17. The average Bonchev–Trinajstić information content (AvgIpc) is 2.20. The van der Waals surface area contributed by atoms with E-state index in [2.05, 4.69) is 37.6 Å². The molecule has 0 fully saturated rings. The Balaban J connectivity index is 3.14. The molecule has 0 aromatic carbocycles. The number of halogens is 3. The van der Waals surface area contributed by atoms with E-state index in [0.717, 1.165) is 6.54 Å². The number of rotatable bonds is 4. The molecule has 0 radical (unpaired) electrons. The lowest BCUT2D eigenvalue weighted by atomic mass is 10.2. The summed E-state index contributed by atoms with van der Waals surface area (Å²) < 4.78 is 0. The molecule has 96 valence electrons. The molecule has 0 aliphatic carbocycles. The Labute approximate surface area is 118 Å². The second-order valence-electron chi connectivity index (χ2n) is 4.71. The molecule has 0 spiro atoms. The minimum absolute atomic E-state index is 0.292. The lowest BCUT2D eigenvalue weighted by molar-refractivity contribution is 0.566. The third-order valence-electron chi connectivity index (χ3n) is 2.33. The molecule has 1 rings (SSSR count). The Kier molecular flexibility index (Phi) is 5.36. The monoisotopic (exact) mass is 294 g/mol. The first-order chi connectivity index (χ1) is 7.82. The summed E-state index contributed by atoms with van der Waals surface area (Å²) in [5.74, 6) is 1.22. The molecule has 0 bridgehead atoms. The van der Waals surface area contributed by atoms with Crippen LogP contribution in [0.2, 0.25) is 15.2 Å². The first-order valence-corrected chi connectivity index (χ1v) is 6.74. The highest BCUT2D eigenvalue weighted by Gasteiger charge is 2.18. The van der Waals surface area contributed by atoms with Crippen molar-refractivity contribution in [1.29, 1.82) is 0 Å². The Hall–Kier alpha value is -0.180. The molecule has 1 heterocycles. The van der Waals surface area contributed by atoms with Crippen molar-refractivity contribution in [2.45, 2.75) is 33.7 Å². The van der Waals surface area contributed by atoms with E-state index in [1.54, 1.807) is 6.07 Å². The predicted molar refractivity (Wildman–Crippen MR) is 76.6 cm³/mol. The van der Waals surface area contributed by atoms with Crippen LogP contribution in [0.25, 0.3) is 0 Å². The van der Waals surface area contributed by atoms with E-state index in [1.165, 1.54) is 0 Å². The van der Waals surface area contributed by atoms with Gasteiger partial charge in [-0.3, -0.25) is 0 Å². The topological polar surface area (TPSA) is 16.1 Å². The second kappa shape index (κ2) is 6.12. The maximum atomic E-state index is 6.18. The molecule has 0 N–H and O–H groups in total.